The lowest BCUT2D eigenvalue weighted by Crippen LogP contribution is -2.06. The predicted molar refractivity (Wildman–Crippen MR) is 107 cm³/mol. The Morgan fingerprint density at radius 3 is 2.88 bits per heavy atom. The van der Waals surface area contributed by atoms with Crippen molar-refractivity contribution in [3.63, 3.8) is 0 Å². The Bertz CT molecular complexity index is 984. The van der Waals surface area contributed by atoms with Gasteiger partial charge in [0.15, 0.2) is 5.82 Å². The third kappa shape index (κ3) is 4.25. The molecule has 0 amide bonds. The highest BCUT2D eigenvalue weighted by molar-refractivity contribution is 7.71. The molecule has 0 saturated heterocycles. The highest BCUT2D eigenvalue weighted by atomic mass is 32.1. The number of aryl methyl sites for hydroxylation is 2. The number of ether oxygens (including phenoxy) is 1. The van der Waals surface area contributed by atoms with Crippen LogP contribution in [0.3, 0.4) is 0 Å². The molecule has 0 radical (unpaired) electrons. The molecule has 0 fully saturated rings. The van der Waals surface area contributed by atoms with Crippen molar-refractivity contribution in [3.8, 4) is 5.75 Å². The zero-order valence-corrected chi connectivity index (χ0v) is 16.8. The van der Waals surface area contributed by atoms with E-state index in [1.165, 1.54) is 0 Å². The van der Waals surface area contributed by atoms with Gasteiger partial charge < -0.3 is 4.74 Å². The van der Waals surface area contributed by atoms with Crippen LogP contribution in [0.5, 0.6) is 5.75 Å². The number of aromatic amines is 1. The summed E-state index contributed by atoms with van der Waals surface area (Å²) >= 11 is 6.85. The van der Waals surface area contributed by atoms with E-state index in [0.717, 1.165) is 27.6 Å². The maximum Gasteiger partial charge on any atom is 0.216 e. The second-order valence-electron chi connectivity index (χ2n) is 6.28. The minimum atomic E-state index is 0.268. The van der Waals surface area contributed by atoms with Crippen LogP contribution in [0, 0.1) is 18.6 Å². The van der Waals surface area contributed by atoms with Gasteiger partial charge in [-0.2, -0.15) is 14.9 Å². The van der Waals surface area contributed by atoms with E-state index >= 15 is 0 Å². The third-order valence-corrected chi connectivity index (χ3v) is 4.86. The summed E-state index contributed by atoms with van der Waals surface area (Å²) in [4.78, 5) is 4.36. The molecule has 6 nitrogen and oxygen atoms in total. The van der Waals surface area contributed by atoms with Crippen LogP contribution < -0.4 is 4.74 Å². The Balaban J connectivity index is 1.81. The summed E-state index contributed by atoms with van der Waals surface area (Å²) in [7, 11) is 0. The topological polar surface area (TPSA) is 68.1 Å². The van der Waals surface area contributed by atoms with E-state index in [4.69, 9.17) is 17.0 Å². The standard InChI is InChI=1S/C18H21N5OS2/c1-11(2)15-6-5-12(3)7-16(15)24-9-17-21-22-18(25)23(17)19-8-14-10-26-13(4)20-14/h5-8,10-11H,9H2,1-4H3,(H,22,25)/b19-8-. The molecule has 0 bridgehead atoms. The average Bonchev–Trinajstić information content (AvgIpc) is 3.16. The fraction of sp³-hybridized carbons (Fsp3) is 0.333. The Labute approximate surface area is 161 Å². The fourth-order valence-corrected chi connectivity index (χ4v) is 3.24. The molecule has 0 saturated carbocycles. The summed E-state index contributed by atoms with van der Waals surface area (Å²) in [6.45, 7) is 8.57. The van der Waals surface area contributed by atoms with E-state index in [2.05, 4.69) is 46.3 Å². The Morgan fingerprint density at radius 1 is 1.38 bits per heavy atom. The third-order valence-electron chi connectivity index (χ3n) is 3.81. The molecule has 1 N–H and O–H groups in total. The van der Waals surface area contributed by atoms with Gasteiger partial charge in [-0.05, 0) is 49.2 Å². The summed E-state index contributed by atoms with van der Waals surface area (Å²) in [5, 5.41) is 14.3. The van der Waals surface area contributed by atoms with Crippen LogP contribution in [0.4, 0.5) is 0 Å². The first-order valence-electron chi connectivity index (χ1n) is 8.30. The van der Waals surface area contributed by atoms with Crippen LogP contribution in [0.2, 0.25) is 0 Å². The molecule has 0 unspecified atom stereocenters. The molecule has 26 heavy (non-hydrogen) atoms. The van der Waals surface area contributed by atoms with Gasteiger partial charge in [0.2, 0.25) is 4.77 Å². The normalized spacial score (nSPS) is 11.6. The molecule has 1 aromatic carbocycles. The van der Waals surface area contributed by atoms with E-state index in [1.54, 1.807) is 22.2 Å². The van der Waals surface area contributed by atoms with Crippen molar-refractivity contribution in [2.75, 3.05) is 0 Å². The van der Waals surface area contributed by atoms with Crippen molar-refractivity contribution in [1.29, 1.82) is 0 Å². The number of nitrogens with one attached hydrogen (secondary N) is 1. The molecule has 3 rings (SSSR count). The molecule has 0 spiro atoms. The van der Waals surface area contributed by atoms with Crippen molar-refractivity contribution in [2.45, 2.75) is 40.2 Å². The maximum absolute atomic E-state index is 6.04. The highest BCUT2D eigenvalue weighted by Crippen LogP contribution is 2.28. The Hall–Kier alpha value is -2.32. The summed E-state index contributed by atoms with van der Waals surface area (Å²) in [5.41, 5.74) is 3.11. The molecular weight excluding hydrogens is 366 g/mol. The number of nitrogens with zero attached hydrogens (tertiary/aromatic N) is 4. The van der Waals surface area contributed by atoms with E-state index in [0.29, 0.717) is 16.5 Å². The van der Waals surface area contributed by atoms with Gasteiger partial charge in [0.1, 0.15) is 12.4 Å². The van der Waals surface area contributed by atoms with Crippen molar-refractivity contribution < 1.29 is 4.74 Å². The van der Waals surface area contributed by atoms with Crippen LogP contribution in [-0.2, 0) is 6.61 Å². The number of thiazole rings is 1. The van der Waals surface area contributed by atoms with Crippen LogP contribution in [0.25, 0.3) is 0 Å². The van der Waals surface area contributed by atoms with Gasteiger partial charge in [-0.25, -0.2) is 10.1 Å². The molecule has 0 aliphatic rings. The van der Waals surface area contributed by atoms with Crippen LogP contribution in [0.15, 0.2) is 28.7 Å². The van der Waals surface area contributed by atoms with Gasteiger partial charge in [0.25, 0.3) is 0 Å². The Morgan fingerprint density at radius 2 is 2.19 bits per heavy atom. The first-order chi connectivity index (χ1) is 12.4. The minimum absolute atomic E-state index is 0.268. The van der Waals surface area contributed by atoms with Gasteiger partial charge in [-0.3, -0.25) is 0 Å². The molecule has 0 aliphatic carbocycles. The monoisotopic (exact) mass is 387 g/mol. The first kappa shape index (κ1) is 18.5. The zero-order valence-electron chi connectivity index (χ0n) is 15.2. The first-order valence-corrected chi connectivity index (χ1v) is 9.59. The van der Waals surface area contributed by atoms with Crippen molar-refractivity contribution in [2.24, 2.45) is 5.10 Å². The molecule has 0 atom stereocenters. The molecule has 3 aromatic rings. The largest absolute Gasteiger partial charge is 0.485 e. The molecule has 0 aliphatic heterocycles. The Kier molecular flexibility index (Phi) is 5.63. The van der Waals surface area contributed by atoms with E-state index in [-0.39, 0.29) is 6.61 Å². The fourth-order valence-electron chi connectivity index (χ4n) is 2.48. The van der Waals surface area contributed by atoms with Crippen molar-refractivity contribution in [1.82, 2.24) is 19.9 Å². The van der Waals surface area contributed by atoms with Crippen LogP contribution >= 0.6 is 23.6 Å². The lowest BCUT2D eigenvalue weighted by Gasteiger charge is -2.14. The summed E-state index contributed by atoms with van der Waals surface area (Å²) in [6.07, 6.45) is 1.67. The summed E-state index contributed by atoms with van der Waals surface area (Å²) in [5.74, 6) is 1.84. The van der Waals surface area contributed by atoms with Gasteiger partial charge in [-0.1, -0.05) is 26.0 Å². The van der Waals surface area contributed by atoms with Gasteiger partial charge >= 0.3 is 0 Å². The minimum Gasteiger partial charge on any atom is -0.485 e. The number of hydrogen-bond acceptors (Lipinski definition) is 6. The average molecular weight is 388 g/mol. The molecule has 2 heterocycles. The summed E-state index contributed by atoms with van der Waals surface area (Å²) < 4.78 is 8.02. The smallest absolute Gasteiger partial charge is 0.216 e. The molecule has 136 valence electrons. The second kappa shape index (κ2) is 7.92. The van der Waals surface area contributed by atoms with E-state index in [9.17, 15) is 0 Å². The van der Waals surface area contributed by atoms with Crippen LogP contribution in [0.1, 0.15) is 47.4 Å². The van der Waals surface area contributed by atoms with Crippen LogP contribution in [-0.4, -0.2) is 26.1 Å². The number of H-pyrrole nitrogens is 1. The quantitative estimate of drug-likeness (QED) is 0.496. The highest BCUT2D eigenvalue weighted by Gasteiger charge is 2.11. The number of rotatable bonds is 6. The van der Waals surface area contributed by atoms with Gasteiger partial charge in [0.05, 0.1) is 16.9 Å². The van der Waals surface area contributed by atoms with Crippen molar-refractivity contribution >= 4 is 29.8 Å². The van der Waals surface area contributed by atoms with E-state index in [1.807, 2.05) is 25.3 Å². The lowest BCUT2D eigenvalue weighted by molar-refractivity contribution is 0.286. The SMILES string of the molecule is Cc1ccc(C(C)C)c(OCc2n[nH]c(=S)n2/N=C\c2csc(C)n2)c1. The van der Waals surface area contributed by atoms with Gasteiger partial charge in [-0.15, -0.1) is 11.3 Å². The number of hydrogen-bond donors (Lipinski definition) is 1. The zero-order chi connectivity index (χ0) is 18.7. The van der Waals surface area contributed by atoms with Crippen molar-refractivity contribution in [3.05, 3.63) is 56.0 Å². The predicted octanol–water partition coefficient (Wildman–Crippen LogP) is 4.60. The van der Waals surface area contributed by atoms with Gasteiger partial charge in [0, 0.05) is 5.38 Å². The molecule has 2 aromatic heterocycles. The van der Waals surface area contributed by atoms with E-state index < -0.39 is 0 Å². The summed E-state index contributed by atoms with van der Waals surface area (Å²) in [6, 6.07) is 6.25. The maximum atomic E-state index is 6.04. The second-order valence-corrected chi connectivity index (χ2v) is 7.73. The molecule has 8 heteroatoms. The number of aromatic nitrogens is 4. The number of benzene rings is 1. The lowest BCUT2D eigenvalue weighted by atomic mass is 10.0. The molecular formula is C18H21N5OS2.